The third kappa shape index (κ3) is 4.63. The van der Waals surface area contributed by atoms with Gasteiger partial charge in [-0.05, 0) is 18.9 Å². The number of rotatable bonds is 7. The first-order chi connectivity index (χ1) is 15.2. The highest BCUT2D eigenvalue weighted by Gasteiger charge is 2.17. The normalized spacial score (nSPS) is 16.2. The first-order valence-corrected chi connectivity index (χ1v) is 12.8. The molecule has 160 valence electrons. The van der Waals surface area contributed by atoms with Crippen molar-refractivity contribution in [2.45, 2.75) is 29.0 Å². The van der Waals surface area contributed by atoms with Gasteiger partial charge < -0.3 is 15.0 Å². The van der Waals surface area contributed by atoms with E-state index in [2.05, 4.69) is 25.5 Å². The molecule has 0 radical (unpaired) electrons. The first-order valence-electron chi connectivity index (χ1n) is 9.74. The molecule has 4 heterocycles. The van der Waals surface area contributed by atoms with Crippen molar-refractivity contribution in [2.24, 2.45) is 0 Å². The van der Waals surface area contributed by atoms with E-state index in [0.717, 1.165) is 46.6 Å². The smallest absolute Gasteiger partial charge is 0.260 e. The van der Waals surface area contributed by atoms with Crippen LogP contribution in [-0.2, 0) is 10.5 Å². The Bertz CT molecular complexity index is 1270. The number of aromatic amines is 1. The molecule has 0 saturated carbocycles. The standard InChI is InChI=1S/C20H18ClN5O2S3/c21-14-6-2-1-5-12(14)13-9-29-18-16(13)17(27)23-15(24-18)10-30-20-26-25-19(31-20)22-8-11-4-3-7-28-11/h1-2,5-6,9,11H,3-4,7-8,10H2,(H,22,25)(H,23,24,27)/t11-/m1/s1. The second-order valence-corrected chi connectivity index (χ2v) is 10.5. The first kappa shape index (κ1) is 20.9. The maximum absolute atomic E-state index is 12.8. The van der Waals surface area contributed by atoms with Crippen molar-refractivity contribution in [1.29, 1.82) is 0 Å². The molecular formula is C20H18ClN5O2S3. The third-order valence-electron chi connectivity index (χ3n) is 4.90. The SMILES string of the molecule is O=c1[nH]c(CSc2nnc(NC[C@H]3CCCO3)s2)nc2scc(-c3ccccc3Cl)c12. The zero-order valence-corrected chi connectivity index (χ0v) is 19.5. The predicted octanol–water partition coefficient (Wildman–Crippen LogP) is 5.04. The summed E-state index contributed by atoms with van der Waals surface area (Å²) in [5, 5.41) is 15.6. The van der Waals surface area contributed by atoms with Gasteiger partial charge in [0.25, 0.3) is 5.56 Å². The summed E-state index contributed by atoms with van der Waals surface area (Å²) >= 11 is 10.8. The fraction of sp³-hybridized carbons (Fsp3) is 0.300. The number of aromatic nitrogens is 4. The van der Waals surface area contributed by atoms with E-state index in [1.54, 1.807) is 0 Å². The van der Waals surface area contributed by atoms with Gasteiger partial charge in [0.1, 0.15) is 10.7 Å². The summed E-state index contributed by atoms with van der Waals surface area (Å²) in [4.78, 5) is 21.1. The van der Waals surface area contributed by atoms with Crippen molar-refractivity contribution in [3.8, 4) is 11.1 Å². The topological polar surface area (TPSA) is 92.8 Å². The Kier molecular flexibility index (Phi) is 6.24. The number of thiophene rings is 1. The van der Waals surface area contributed by atoms with Crippen molar-refractivity contribution in [3.63, 3.8) is 0 Å². The molecule has 31 heavy (non-hydrogen) atoms. The van der Waals surface area contributed by atoms with E-state index < -0.39 is 0 Å². The number of ether oxygens (including phenoxy) is 1. The van der Waals surface area contributed by atoms with Gasteiger partial charge in [-0.1, -0.05) is 52.9 Å². The number of hydrogen-bond acceptors (Lipinski definition) is 9. The molecule has 0 amide bonds. The summed E-state index contributed by atoms with van der Waals surface area (Å²) in [5.41, 5.74) is 1.49. The zero-order valence-electron chi connectivity index (χ0n) is 16.3. The van der Waals surface area contributed by atoms with Crippen LogP contribution >= 0.6 is 46.0 Å². The van der Waals surface area contributed by atoms with E-state index in [4.69, 9.17) is 16.3 Å². The van der Waals surface area contributed by atoms with Crippen molar-refractivity contribution >= 4 is 61.4 Å². The molecule has 7 nitrogen and oxygen atoms in total. The average molecular weight is 492 g/mol. The number of halogens is 1. The monoisotopic (exact) mass is 491 g/mol. The quantitative estimate of drug-likeness (QED) is 0.350. The van der Waals surface area contributed by atoms with E-state index in [1.165, 1.54) is 34.4 Å². The molecular weight excluding hydrogens is 474 g/mol. The lowest BCUT2D eigenvalue weighted by atomic mass is 10.1. The van der Waals surface area contributed by atoms with E-state index >= 15 is 0 Å². The molecule has 2 N–H and O–H groups in total. The van der Waals surface area contributed by atoms with Gasteiger partial charge in [0, 0.05) is 34.7 Å². The number of nitrogens with one attached hydrogen (secondary N) is 2. The van der Waals surface area contributed by atoms with Gasteiger partial charge in [0.05, 0.1) is 17.2 Å². The van der Waals surface area contributed by atoms with Gasteiger partial charge in [-0.3, -0.25) is 4.79 Å². The van der Waals surface area contributed by atoms with Crippen LogP contribution in [0.4, 0.5) is 5.13 Å². The van der Waals surface area contributed by atoms with Crippen LogP contribution < -0.4 is 10.9 Å². The summed E-state index contributed by atoms with van der Waals surface area (Å²) in [6.07, 6.45) is 2.45. The molecule has 1 fully saturated rings. The molecule has 11 heteroatoms. The summed E-state index contributed by atoms with van der Waals surface area (Å²) < 4.78 is 6.43. The molecule has 1 aliphatic rings. The maximum atomic E-state index is 12.8. The second-order valence-electron chi connectivity index (χ2n) is 7.00. The number of benzene rings is 1. The largest absolute Gasteiger partial charge is 0.376 e. The summed E-state index contributed by atoms with van der Waals surface area (Å²) in [6.45, 7) is 1.58. The number of thioether (sulfide) groups is 1. The lowest BCUT2D eigenvalue weighted by Gasteiger charge is -2.08. The molecule has 0 bridgehead atoms. The molecule has 1 atom stereocenters. The number of H-pyrrole nitrogens is 1. The van der Waals surface area contributed by atoms with Crippen molar-refractivity contribution < 1.29 is 4.74 Å². The van der Waals surface area contributed by atoms with Crippen molar-refractivity contribution in [3.05, 3.63) is 50.8 Å². The van der Waals surface area contributed by atoms with Crippen LogP contribution in [-0.4, -0.2) is 39.4 Å². The van der Waals surface area contributed by atoms with E-state index in [9.17, 15) is 4.79 Å². The fourth-order valence-electron chi connectivity index (χ4n) is 3.42. The molecule has 0 aliphatic carbocycles. The number of fused-ring (bicyclic) bond motifs is 1. The lowest BCUT2D eigenvalue weighted by Crippen LogP contribution is -2.18. The Balaban J connectivity index is 1.28. The molecule has 3 aromatic heterocycles. The van der Waals surface area contributed by atoms with Gasteiger partial charge in [0.15, 0.2) is 4.34 Å². The summed E-state index contributed by atoms with van der Waals surface area (Å²) in [5.74, 6) is 1.12. The van der Waals surface area contributed by atoms with E-state index in [1.807, 2.05) is 29.6 Å². The molecule has 1 aromatic carbocycles. The van der Waals surface area contributed by atoms with Gasteiger partial charge >= 0.3 is 0 Å². The lowest BCUT2D eigenvalue weighted by molar-refractivity contribution is 0.120. The fourth-order valence-corrected chi connectivity index (χ4v) is 6.24. The van der Waals surface area contributed by atoms with Crippen LogP contribution in [0.2, 0.25) is 5.02 Å². The molecule has 5 rings (SSSR count). The summed E-state index contributed by atoms with van der Waals surface area (Å²) in [7, 11) is 0. The molecule has 4 aromatic rings. The Morgan fingerprint density at radius 2 is 2.19 bits per heavy atom. The Morgan fingerprint density at radius 3 is 3.03 bits per heavy atom. The predicted molar refractivity (Wildman–Crippen MR) is 128 cm³/mol. The number of anilines is 1. The highest BCUT2D eigenvalue weighted by atomic mass is 35.5. The van der Waals surface area contributed by atoms with Crippen LogP contribution in [0.25, 0.3) is 21.3 Å². The van der Waals surface area contributed by atoms with Crippen LogP contribution in [0.15, 0.2) is 38.8 Å². The highest BCUT2D eigenvalue weighted by molar-refractivity contribution is 8.00. The van der Waals surface area contributed by atoms with Gasteiger partial charge in [-0.2, -0.15) is 0 Å². The second kappa shape index (κ2) is 9.25. The van der Waals surface area contributed by atoms with Gasteiger partial charge in [-0.25, -0.2) is 4.98 Å². The molecule has 0 spiro atoms. The van der Waals surface area contributed by atoms with Crippen molar-refractivity contribution in [2.75, 3.05) is 18.5 Å². The minimum atomic E-state index is -0.159. The zero-order chi connectivity index (χ0) is 21.2. The molecule has 1 aliphatic heterocycles. The Morgan fingerprint density at radius 1 is 1.29 bits per heavy atom. The minimum Gasteiger partial charge on any atom is -0.376 e. The van der Waals surface area contributed by atoms with Gasteiger partial charge in [-0.15, -0.1) is 21.5 Å². The van der Waals surface area contributed by atoms with Crippen LogP contribution in [0.3, 0.4) is 0 Å². The van der Waals surface area contributed by atoms with Gasteiger partial charge in [0.2, 0.25) is 5.13 Å². The highest BCUT2D eigenvalue weighted by Crippen LogP contribution is 2.35. The van der Waals surface area contributed by atoms with Crippen LogP contribution in [0.1, 0.15) is 18.7 Å². The Labute approximate surface area is 195 Å². The molecule has 0 unspecified atom stereocenters. The van der Waals surface area contributed by atoms with E-state index in [0.29, 0.717) is 26.8 Å². The number of nitrogens with zero attached hydrogens (tertiary/aromatic N) is 3. The Hall–Kier alpha value is -1.98. The average Bonchev–Trinajstić information content (AvgIpc) is 3.52. The molecule has 1 saturated heterocycles. The minimum absolute atomic E-state index is 0.159. The number of hydrogen-bond donors (Lipinski definition) is 2. The third-order valence-corrected chi connectivity index (χ3v) is 8.13. The van der Waals surface area contributed by atoms with E-state index in [-0.39, 0.29) is 11.7 Å². The van der Waals surface area contributed by atoms with Crippen LogP contribution in [0.5, 0.6) is 0 Å². The maximum Gasteiger partial charge on any atom is 0.260 e. The van der Waals surface area contributed by atoms with Crippen molar-refractivity contribution in [1.82, 2.24) is 20.2 Å². The van der Waals surface area contributed by atoms with Crippen LogP contribution in [0, 0.1) is 0 Å². The summed E-state index contributed by atoms with van der Waals surface area (Å²) in [6, 6.07) is 7.50.